The van der Waals surface area contributed by atoms with Gasteiger partial charge in [0.2, 0.25) is 0 Å². The van der Waals surface area contributed by atoms with Crippen LogP contribution in [0.4, 0.5) is 8.78 Å². The molecule has 0 amide bonds. The van der Waals surface area contributed by atoms with Gasteiger partial charge in [-0.2, -0.15) is 0 Å². The normalized spacial score (nSPS) is 11.5. The molecule has 6 heteroatoms. The van der Waals surface area contributed by atoms with E-state index in [9.17, 15) is 8.78 Å². The molecule has 0 saturated heterocycles. The Labute approximate surface area is 89.8 Å². The predicted molar refractivity (Wildman–Crippen MR) is 55.7 cm³/mol. The Morgan fingerprint density at radius 3 is 2.93 bits per heavy atom. The highest BCUT2D eigenvalue weighted by molar-refractivity contribution is 7.71. The summed E-state index contributed by atoms with van der Waals surface area (Å²) < 4.78 is 26.2. The summed E-state index contributed by atoms with van der Waals surface area (Å²) in [5, 5.41) is 0. The second-order valence-corrected chi connectivity index (χ2v) is 3.64. The highest BCUT2D eigenvalue weighted by Crippen LogP contribution is 2.13. The van der Waals surface area contributed by atoms with E-state index in [1.807, 2.05) is 6.92 Å². The summed E-state index contributed by atoms with van der Waals surface area (Å²) in [5.74, 6) is 0. The molecule has 2 heterocycles. The molecule has 0 aromatic carbocycles. The quantitative estimate of drug-likeness (QED) is 0.803. The van der Waals surface area contributed by atoms with Gasteiger partial charge in [-0.25, -0.2) is 13.8 Å². The van der Waals surface area contributed by atoms with E-state index in [1.54, 1.807) is 12.1 Å². The van der Waals surface area contributed by atoms with Gasteiger partial charge < -0.3 is 4.98 Å². The highest BCUT2D eigenvalue weighted by Gasteiger charge is 2.10. The number of hydrogen-bond acceptors (Lipinski definition) is 2. The zero-order valence-corrected chi connectivity index (χ0v) is 8.81. The molecule has 0 fully saturated rings. The predicted octanol–water partition coefficient (Wildman–Crippen LogP) is 2.67. The second kappa shape index (κ2) is 3.69. The molecule has 0 spiro atoms. The molecular weight excluding hydrogens is 220 g/mol. The van der Waals surface area contributed by atoms with Crippen LogP contribution in [-0.4, -0.2) is 21.0 Å². The van der Waals surface area contributed by atoms with E-state index in [0.717, 1.165) is 5.69 Å². The molecule has 2 rings (SSSR count). The van der Waals surface area contributed by atoms with Gasteiger partial charge in [0, 0.05) is 5.69 Å². The van der Waals surface area contributed by atoms with Gasteiger partial charge in [-0.05, 0) is 31.3 Å². The first-order valence-corrected chi connectivity index (χ1v) is 4.83. The van der Waals surface area contributed by atoms with E-state index >= 15 is 0 Å². The number of aryl methyl sites for hydroxylation is 1. The number of aromatic amines is 1. The molecule has 0 aliphatic rings. The first kappa shape index (κ1) is 10.2. The average Bonchev–Trinajstić information content (AvgIpc) is 2.43. The fraction of sp³-hybridized carbons (Fsp3) is 0.333. The molecule has 1 N–H and O–H groups in total. The number of pyridine rings is 1. The summed E-state index contributed by atoms with van der Waals surface area (Å²) in [6.07, 6.45) is -2.43. The number of nitrogens with zero attached hydrogens (tertiary/aromatic N) is 2. The Hall–Kier alpha value is -1.30. The summed E-state index contributed by atoms with van der Waals surface area (Å²) in [6.45, 7) is 1.39. The zero-order valence-electron chi connectivity index (χ0n) is 8.00. The van der Waals surface area contributed by atoms with Crippen LogP contribution in [0, 0.1) is 11.7 Å². The van der Waals surface area contributed by atoms with Crippen LogP contribution in [0.25, 0.3) is 11.2 Å². The van der Waals surface area contributed by atoms with Crippen molar-refractivity contribution in [1.82, 2.24) is 14.5 Å². The van der Waals surface area contributed by atoms with Crippen molar-refractivity contribution in [2.75, 3.05) is 0 Å². The third kappa shape index (κ3) is 1.90. The summed E-state index contributed by atoms with van der Waals surface area (Å²) in [7, 11) is 0. The van der Waals surface area contributed by atoms with E-state index in [2.05, 4.69) is 9.97 Å². The SMILES string of the molecule is Cc1ccc2[nH]c(=S)n(CC(F)F)c2n1. The van der Waals surface area contributed by atoms with Crippen molar-refractivity contribution in [2.45, 2.75) is 19.9 Å². The number of halogens is 2. The molecule has 15 heavy (non-hydrogen) atoms. The molecule has 0 aliphatic heterocycles. The molecular formula is C9H9F2N3S. The highest BCUT2D eigenvalue weighted by atomic mass is 32.1. The summed E-state index contributed by atoms with van der Waals surface area (Å²) in [4.78, 5) is 7.02. The minimum Gasteiger partial charge on any atom is -0.329 e. The third-order valence-corrected chi connectivity index (χ3v) is 2.40. The molecule has 0 saturated carbocycles. The first-order valence-electron chi connectivity index (χ1n) is 4.42. The van der Waals surface area contributed by atoms with Gasteiger partial charge >= 0.3 is 0 Å². The molecule has 0 unspecified atom stereocenters. The number of alkyl halides is 2. The smallest absolute Gasteiger partial charge is 0.256 e. The van der Waals surface area contributed by atoms with Crippen LogP contribution in [-0.2, 0) is 6.54 Å². The second-order valence-electron chi connectivity index (χ2n) is 3.26. The van der Waals surface area contributed by atoms with E-state index in [4.69, 9.17) is 12.2 Å². The van der Waals surface area contributed by atoms with Gasteiger partial charge in [-0.1, -0.05) is 0 Å². The number of fused-ring (bicyclic) bond motifs is 1. The van der Waals surface area contributed by atoms with Crippen LogP contribution in [0.5, 0.6) is 0 Å². The van der Waals surface area contributed by atoms with Crippen LogP contribution in [0.2, 0.25) is 0 Å². The Morgan fingerprint density at radius 2 is 2.27 bits per heavy atom. The first-order chi connectivity index (χ1) is 7.08. The third-order valence-electron chi connectivity index (χ3n) is 2.08. The van der Waals surface area contributed by atoms with Gasteiger partial charge in [0.15, 0.2) is 10.4 Å². The van der Waals surface area contributed by atoms with Crippen LogP contribution < -0.4 is 0 Å². The van der Waals surface area contributed by atoms with E-state index in [1.165, 1.54) is 4.57 Å². The van der Waals surface area contributed by atoms with Gasteiger partial charge in [-0.15, -0.1) is 0 Å². The summed E-state index contributed by atoms with van der Waals surface area (Å²) in [5.41, 5.74) is 1.95. The Balaban J connectivity index is 2.65. The van der Waals surface area contributed by atoms with Gasteiger partial charge in [0.25, 0.3) is 6.43 Å². The van der Waals surface area contributed by atoms with Crippen molar-refractivity contribution in [1.29, 1.82) is 0 Å². The molecule has 0 atom stereocenters. The maximum absolute atomic E-state index is 12.3. The minimum absolute atomic E-state index is 0.281. The molecule has 0 bridgehead atoms. The summed E-state index contributed by atoms with van der Waals surface area (Å²) in [6, 6.07) is 3.59. The lowest BCUT2D eigenvalue weighted by atomic mass is 10.3. The van der Waals surface area contributed by atoms with E-state index in [-0.39, 0.29) is 4.77 Å². The van der Waals surface area contributed by atoms with Gasteiger partial charge in [0.05, 0.1) is 12.1 Å². The molecule has 2 aromatic heterocycles. The Kier molecular flexibility index (Phi) is 2.52. The van der Waals surface area contributed by atoms with Crippen molar-refractivity contribution in [3.8, 4) is 0 Å². The van der Waals surface area contributed by atoms with Crippen molar-refractivity contribution < 1.29 is 8.78 Å². The van der Waals surface area contributed by atoms with Crippen molar-refractivity contribution in [3.63, 3.8) is 0 Å². The van der Waals surface area contributed by atoms with Crippen molar-refractivity contribution in [3.05, 3.63) is 22.6 Å². The zero-order chi connectivity index (χ0) is 11.0. The van der Waals surface area contributed by atoms with E-state index in [0.29, 0.717) is 11.2 Å². The molecule has 80 valence electrons. The fourth-order valence-electron chi connectivity index (χ4n) is 1.43. The molecule has 2 aromatic rings. The van der Waals surface area contributed by atoms with Crippen LogP contribution >= 0.6 is 12.2 Å². The number of hydrogen-bond donors (Lipinski definition) is 1. The number of H-pyrrole nitrogens is 1. The Morgan fingerprint density at radius 1 is 1.53 bits per heavy atom. The monoisotopic (exact) mass is 229 g/mol. The lowest BCUT2D eigenvalue weighted by Crippen LogP contribution is -2.07. The van der Waals surface area contributed by atoms with Crippen LogP contribution in [0.3, 0.4) is 0 Å². The van der Waals surface area contributed by atoms with Gasteiger partial charge in [-0.3, -0.25) is 4.57 Å². The number of rotatable bonds is 2. The van der Waals surface area contributed by atoms with E-state index < -0.39 is 13.0 Å². The van der Waals surface area contributed by atoms with Crippen LogP contribution in [0.15, 0.2) is 12.1 Å². The lowest BCUT2D eigenvalue weighted by Gasteiger charge is -2.02. The molecule has 3 nitrogen and oxygen atoms in total. The topological polar surface area (TPSA) is 33.6 Å². The number of nitrogens with one attached hydrogen (secondary N) is 1. The Bertz CT molecular complexity index is 544. The standard InChI is InChI=1S/C9H9F2N3S/c1-5-2-3-6-8(12-5)14(4-7(10)11)9(15)13-6/h2-3,7H,4H2,1H3,(H,13,15). The van der Waals surface area contributed by atoms with Gasteiger partial charge in [0.1, 0.15) is 0 Å². The average molecular weight is 229 g/mol. The molecule has 0 radical (unpaired) electrons. The maximum Gasteiger partial charge on any atom is 0.256 e. The van der Waals surface area contributed by atoms with Crippen LogP contribution in [0.1, 0.15) is 5.69 Å². The lowest BCUT2D eigenvalue weighted by molar-refractivity contribution is 0.127. The fourth-order valence-corrected chi connectivity index (χ4v) is 1.70. The number of aromatic nitrogens is 3. The molecule has 0 aliphatic carbocycles. The number of imidazole rings is 1. The van der Waals surface area contributed by atoms with Crippen molar-refractivity contribution in [2.24, 2.45) is 0 Å². The maximum atomic E-state index is 12.3. The largest absolute Gasteiger partial charge is 0.329 e. The minimum atomic E-state index is -2.43. The summed E-state index contributed by atoms with van der Waals surface area (Å²) >= 11 is 4.95. The van der Waals surface area contributed by atoms with Crippen molar-refractivity contribution >= 4 is 23.4 Å².